The molecule has 17 heavy (non-hydrogen) atoms. The standard InChI is InChI=1S/C12H8N2O2S/c15-8-13-9-3-1-4-10(7-9)14-12(16)11-5-2-6-17-11/h1-7H,(H,14,16). The van der Waals surface area contributed by atoms with E-state index in [1.54, 1.807) is 30.3 Å². The van der Waals surface area contributed by atoms with Crippen LogP contribution in [0, 0.1) is 0 Å². The van der Waals surface area contributed by atoms with Gasteiger partial charge in [-0.05, 0) is 29.6 Å². The van der Waals surface area contributed by atoms with E-state index in [0.29, 0.717) is 16.3 Å². The molecule has 0 radical (unpaired) electrons. The van der Waals surface area contributed by atoms with E-state index in [0.717, 1.165) is 0 Å². The first-order valence-electron chi connectivity index (χ1n) is 4.82. The van der Waals surface area contributed by atoms with Crippen LogP contribution in [0.25, 0.3) is 0 Å². The van der Waals surface area contributed by atoms with Gasteiger partial charge >= 0.3 is 0 Å². The molecule has 1 heterocycles. The van der Waals surface area contributed by atoms with Gasteiger partial charge in [0.05, 0.1) is 10.6 Å². The Labute approximate surface area is 102 Å². The summed E-state index contributed by atoms with van der Waals surface area (Å²) in [5.74, 6) is -0.174. The van der Waals surface area contributed by atoms with Crippen LogP contribution >= 0.6 is 11.3 Å². The smallest absolute Gasteiger partial charge is 0.265 e. The monoisotopic (exact) mass is 244 g/mol. The number of nitrogens with one attached hydrogen (secondary N) is 1. The molecule has 0 aliphatic heterocycles. The Morgan fingerprint density at radius 1 is 1.29 bits per heavy atom. The molecule has 0 aliphatic rings. The molecule has 0 unspecified atom stereocenters. The van der Waals surface area contributed by atoms with Crippen molar-refractivity contribution in [2.45, 2.75) is 0 Å². The van der Waals surface area contributed by atoms with Crippen LogP contribution in [-0.2, 0) is 4.79 Å². The van der Waals surface area contributed by atoms with Crippen molar-refractivity contribution in [2.24, 2.45) is 4.99 Å². The van der Waals surface area contributed by atoms with Crippen molar-refractivity contribution in [3.8, 4) is 0 Å². The summed E-state index contributed by atoms with van der Waals surface area (Å²) in [6.45, 7) is 0. The number of carbonyl (C=O) groups excluding carboxylic acids is 2. The van der Waals surface area contributed by atoms with Crippen LogP contribution in [0.1, 0.15) is 9.67 Å². The molecule has 2 rings (SSSR count). The van der Waals surface area contributed by atoms with E-state index in [1.807, 2.05) is 11.4 Å². The zero-order valence-electron chi connectivity index (χ0n) is 8.71. The zero-order chi connectivity index (χ0) is 12.1. The van der Waals surface area contributed by atoms with Gasteiger partial charge in [-0.1, -0.05) is 12.1 Å². The van der Waals surface area contributed by atoms with E-state index in [4.69, 9.17) is 0 Å². The number of hydrogen-bond acceptors (Lipinski definition) is 4. The molecule has 0 fully saturated rings. The quantitative estimate of drug-likeness (QED) is 0.666. The Hall–Kier alpha value is -2.23. The molecule has 1 aromatic heterocycles. The highest BCUT2D eigenvalue weighted by atomic mass is 32.1. The average molecular weight is 244 g/mol. The number of aliphatic imine (C=N–C) groups is 1. The van der Waals surface area contributed by atoms with E-state index in [-0.39, 0.29) is 5.91 Å². The minimum Gasteiger partial charge on any atom is -0.321 e. The number of nitrogens with zero attached hydrogens (tertiary/aromatic N) is 1. The second-order valence-electron chi connectivity index (χ2n) is 3.18. The number of rotatable bonds is 3. The van der Waals surface area contributed by atoms with Crippen LogP contribution < -0.4 is 5.32 Å². The number of hydrogen-bond donors (Lipinski definition) is 1. The minimum absolute atomic E-state index is 0.174. The molecular formula is C12H8N2O2S. The maximum Gasteiger partial charge on any atom is 0.265 e. The Bertz CT molecular complexity index is 572. The lowest BCUT2D eigenvalue weighted by Crippen LogP contribution is -2.09. The second-order valence-corrected chi connectivity index (χ2v) is 4.13. The molecule has 1 aromatic carbocycles. The molecule has 0 saturated carbocycles. The van der Waals surface area contributed by atoms with Crippen molar-refractivity contribution < 1.29 is 9.59 Å². The summed E-state index contributed by atoms with van der Waals surface area (Å²) in [5.41, 5.74) is 1.06. The number of anilines is 1. The fraction of sp³-hybridized carbons (Fsp3) is 0. The Morgan fingerprint density at radius 2 is 2.18 bits per heavy atom. The Morgan fingerprint density at radius 3 is 2.88 bits per heavy atom. The molecule has 0 atom stereocenters. The molecule has 0 spiro atoms. The highest BCUT2D eigenvalue weighted by Gasteiger charge is 2.06. The van der Waals surface area contributed by atoms with Gasteiger partial charge in [0.25, 0.3) is 5.91 Å². The van der Waals surface area contributed by atoms with Crippen LogP contribution in [0.4, 0.5) is 11.4 Å². The van der Waals surface area contributed by atoms with Crippen molar-refractivity contribution in [2.75, 3.05) is 5.32 Å². The number of benzene rings is 1. The van der Waals surface area contributed by atoms with E-state index >= 15 is 0 Å². The van der Waals surface area contributed by atoms with Gasteiger partial charge in [0.15, 0.2) is 0 Å². The first kappa shape index (κ1) is 11.3. The highest BCUT2D eigenvalue weighted by Crippen LogP contribution is 2.18. The third-order valence-electron chi connectivity index (χ3n) is 2.02. The summed E-state index contributed by atoms with van der Waals surface area (Å²) in [6.07, 6.45) is 1.46. The predicted octanol–water partition coefficient (Wildman–Crippen LogP) is 2.97. The number of carbonyl (C=O) groups is 1. The van der Waals surface area contributed by atoms with Crippen LogP contribution in [0.5, 0.6) is 0 Å². The molecule has 1 N–H and O–H groups in total. The minimum atomic E-state index is -0.174. The maximum absolute atomic E-state index is 11.7. The van der Waals surface area contributed by atoms with Gasteiger partial charge in [-0.15, -0.1) is 11.3 Å². The lowest BCUT2D eigenvalue weighted by atomic mass is 10.3. The van der Waals surface area contributed by atoms with E-state index in [1.165, 1.54) is 17.4 Å². The van der Waals surface area contributed by atoms with E-state index in [9.17, 15) is 9.59 Å². The predicted molar refractivity (Wildman–Crippen MR) is 66.5 cm³/mol. The third-order valence-corrected chi connectivity index (χ3v) is 2.89. The highest BCUT2D eigenvalue weighted by molar-refractivity contribution is 7.12. The Kier molecular flexibility index (Phi) is 3.45. The molecule has 0 bridgehead atoms. The second kappa shape index (κ2) is 5.21. The zero-order valence-corrected chi connectivity index (χ0v) is 9.53. The fourth-order valence-corrected chi connectivity index (χ4v) is 1.93. The van der Waals surface area contributed by atoms with Gasteiger partial charge in [-0.3, -0.25) is 4.79 Å². The Balaban J connectivity index is 2.16. The largest absolute Gasteiger partial charge is 0.321 e. The van der Waals surface area contributed by atoms with E-state index < -0.39 is 0 Å². The topological polar surface area (TPSA) is 58.5 Å². The van der Waals surface area contributed by atoms with Crippen molar-refractivity contribution in [3.63, 3.8) is 0 Å². The first-order chi connectivity index (χ1) is 8.29. The number of thiophene rings is 1. The lowest BCUT2D eigenvalue weighted by molar-refractivity contribution is 0.103. The summed E-state index contributed by atoms with van der Waals surface area (Å²) >= 11 is 1.37. The van der Waals surface area contributed by atoms with Crippen molar-refractivity contribution in [1.82, 2.24) is 0 Å². The average Bonchev–Trinajstić information content (AvgIpc) is 2.83. The molecule has 4 nitrogen and oxygen atoms in total. The summed E-state index contributed by atoms with van der Waals surface area (Å²) < 4.78 is 0. The fourth-order valence-electron chi connectivity index (χ4n) is 1.31. The van der Waals surface area contributed by atoms with Crippen LogP contribution in [-0.4, -0.2) is 12.0 Å². The molecule has 0 saturated heterocycles. The van der Waals surface area contributed by atoms with Gasteiger partial charge in [-0.25, -0.2) is 4.79 Å². The molecule has 0 aliphatic carbocycles. The lowest BCUT2D eigenvalue weighted by Gasteiger charge is -2.03. The summed E-state index contributed by atoms with van der Waals surface area (Å²) in [4.78, 5) is 26.0. The number of isocyanates is 1. The van der Waals surface area contributed by atoms with Crippen LogP contribution in [0.15, 0.2) is 46.8 Å². The van der Waals surface area contributed by atoms with Crippen LogP contribution in [0.2, 0.25) is 0 Å². The van der Waals surface area contributed by atoms with Gasteiger partial charge < -0.3 is 5.32 Å². The van der Waals surface area contributed by atoms with Gasteiger partial charge in [0.2, 0.25) is 6.08 Å². The third kappa shape index (κ3) is 2.87. The summed E-state index contributed by atoms with van der Waals surface area (Å²) in [7, 11) is 0. The molecule has 2 aromatic rings. The number of amides is 1. The van der Waals surface area contributed by atoms with Crippen molar-refractivity contribution in [3.05, 3.63) is 46.7 Å². The first-order valence-corrected chi connectivity index (χ1v) is 5.70. The summed E-state index contributed by atoms with van der Waals surface area (Å²) in [6, 6.07) is 10.3. The SMILES string of the molecule is O=C=Nc1cccc(NC(=O)c2cccs2)c1. The molecule has 1 amide bonds. The molecular weight excluding hydrogens is 236 g/mol. The van der Waals surface area contributed by atoms with Gasteiger partial charge in [0, 0.05) is 5.69 Å². The summed E-state index contributed by atoms with van der Waals surface area (Å²) in [5, 5.41) is 4.56. The van der Waals surface area contributed by atoms with Gasteiger partial charge in [-0.2, -0.15) is 4.99 Å². The normalized spacial score (nSPS) is 9.41. The van der Waals surface area contributed by atoms with Crippen molar-refractivity contribution in [1.29, 1.82) is 0 Å². The van der Waals surface area contributed by atoms with Gasteiger partial charge in [0.1, 0.15) is 0 Å². The maximum atomic E-state index is 11.7. The van der Waals surface area contributed by atoms with Crippen molar-refractivity contribution >= 4 is 34.7 Å². The van der Waals surface area contributed by atoms with E-state index in [2.05, 4.69) is 10.3 Å². The molecule has 5 heteroatoms. The van der Waals surface area contributed by atoms with Crippen LogP contribution in [0.3, 0.4) is 0 Å². The molecule has 84 valence electrons.